The molecule has 0 spiro atoms. The molecule has 0 bridgehead atoms. The molecule has 1 N–H and O–H groups in total. The van der Waals surface area contributed by atoms with E-state index in [1.54, 1.807) is 0 Å². The first-order valence-corrected chi connectivity index (χ1v) is 10.5. The number of likely N-dealkylation sites (N-methyl/N-ethyl adjacent to an activating group) is 1. The van der Waals surface area contributed by atoms with Crippen molar-refractivity contribution in [3.63, 3.8) is 0 Å². The maximum absolute atomic E-state index is 12.0. The Balaban J connectivity index is 1.82. The van der Waals surface area contributed by atoms with E-state index in [4.69, 9.17) is 9.47 Å². The highest BCUT2D eigenvalue weighted by Crippen LogP contribution is 2.26. The summed E-state index contributed by atoms with van der Waals surface area (Å²) in [4.78, 5) is 18.4. The Hall–Kier alpha value is -2.08. The molecule has 1 aromatic rings. The normalized spacial score (nSPS) is 17.4. The Kier molecular flexibility index (Phi) is 9.28. The number of amides is 1. The molecule has 0 aromatic heterocycles. The molecular weight excluding hydrogens is 354 g/mol. The number of benzene rings is 1. The number of aliphatic imine (C=N–C) groups is 1. The van der Waals surface area contributed by atoms with Gasteiger partial charge in [0.25, 0.3) is 0 Å². The molecule has 0 radical (unpaired) electrons. The molecule has 156 valence electrons. The van der Waals surface area contributed by atoms with E-state index in [-0.39, 0.29) is 12.1 Å². The summed E-state index contributed by atoms with van der Waals surface area (Å²) < 4.78 is 11.0. The van der Waals surface area contributed by atoms with Gasteiger partial charge in [0.1, 0.15) is 0 Å². The first-order chi connectivity index (χ1) is 13.6. The molecule has 0 fully saturated rings. The molecule has 6 nitrogen and oxygen atoms in total. The third-order valence-corrected chi connectivity index (χ3v) is 5.02. The second-order valence-electron chi connectivity index (χ2n) is 7.29. The third kappa shape index (κ3) is 6.51. The topological polar surface area (TPSA) is 63.2 Å². The molecule has 2 unspecified atom stereocenters. The monoisotopic (exact) mass is 389 g/mol. The lowest BCUT2D eigenvalue weighted by Gasteiger charge is -2.24. The lowest BCUT2D eigenvalue weighted by Crippen LogP contribution is -2.40. The van der Waals surface area contributed by atoms with Crippen LogP contribution in [0.3, 0.4) is 0 Å². The minimum atomic E-state index is -0.431. The number of carbonyl (C=O) groups is 1. The highest BCUT2D eigenvalue weighted by molar-refractivity contribution is 5.94. The van der Waals surface area contributed by atoms with Gasteiger partial charge >= 0.3 is 6.09 Å². The molecule has 1 aromatic carbocycles. The van der Waals surface area contributed by atoms with Crippen molar-refractivity contribution in [2.24, 2.45) is 4.99 Å². The Morgan fingerprint density at radius 1 is 1.18 bits per heavy atom. The smallest absolute Gasteiger partial charge is 0.413 e. The Morgan fingerprint density at radius 2 is 1.93 bits per heavy atom. The van der Waals surface area contributed by atoms with Gasteiger partial charge in [0.05, 0.1) is 25.3 Å². The summed E-state index contributed by atoms with van der Waals surface area (Å²) in [7, 11) is 1.94. The summed E-state index contributed by atoms with van der Waals surface area (Å²) >= 11 is 0. The van der Waals surface area contributed by atoms with Crippen LogP contribution >= 0.6 is 0 Å². The van der Waals surface area contributed by atoms with Crippen LogP contribution in [0, 0.1) is 0 Å². The fraction of sp³-hybridized carbons (Fsp3) is 0.636. The van der Waals surface area contributed by atoms with E-state index in [1.165, 1.54) is 24.0 Å². The number of rotatable bonds is 10. The SMILES string of the molecule is CCCCCCOC(=O)NC1=NCC(c2ccc(C(C)OCCC)cc2)N1C. The number of alkyl carbamates (subject to hydrolysis) is 1. The zero-order valence-corrected chi connectivity index (χ0v) is 17.7. The molecule has 0 aliphatic carbocycles. The second kappa shape index (κ2) is 11.7. The lowest BCUT2D eigenvalue weighted by atomic mass is 10.0. The van der Waals surface area contributed by atoms with Crippen LogP contribution < -0.4 is 5.32 Å². The number of carbonyl (C=O) groups excluding carboxylic acids is 1. The van der Waals surface area contributed by atoms with E-state index >= 15 is 0 Å². The summed E-state index contributed by atoms with van der Waals surface area (Å²) in [5.74, 6) is 0.562. The molecule has 1 heterocycles. The van der Waals surface area contributed by atoms with Gasteiger partial charge in [-0.2, -0.15) is 0 Å². The van der Waals surface area contributed by atoms with Gasteiger partial charge in [0.2, 0.25) is 5.96 Å². The van der Waals surface area contributed by atoms with E-state index in [9.17, 15) is 4.79 Å². The van der Waals surface area contributed by atoms with E-state index in [2.05, 4.69) is 55.3 Å². The van der Waals surface area contributed by atoms with Gasteiger partial charge in [-0.3, -0.25) is 10.3 Å². The number of nitrogens with zero attached hydrogens (tertiary/aromatic N) is 2. The van der Waals surface area contributed by atoms with Crippen LogP contribution in [0.2, 0.25) is 0 Å². The summed E-state index contributed by atoms with van der Waals surface area (Å²) in [5.41, 5.74) is 2.34. The van der Waals surface area contributed by atoms with Gasteiger partial charge in [-0.15, -0.1) is 0 Å². The minimum absolute atomic E-state index is 0.0934. The van der Waals surface area contributed by atoms with E-state index in [0.29, 0.717) is 19.1 Å². The largest absolute Gasteiger partial charge is 0.449 e. The van der Waals surface area contributed by atoms with Crippen molar-refractivity contribution in [2.75, 3.05) is 26.8 Å². The molecule has 6 heteroatoms. The summed E-state index contributed by atoms with van der Waals surface area (Å²) in [6.07, 6.45) is 5.01. The Labute approximate surface area is 169 Å². The van der Waals surface area contributed by atoms with Gasteiger partial charge in [-0.1, -0.05) is 57.4 Å². The van der Waals surface area contributed by atoms with Gasteiger partial charge in [0.15, 0.2) is 0 Å². The van der Waals surface area contributed by atoms with Gasteiger partial charge in [-0.25, -0.2) is 4.79 Å². The molecule has 1 aliphatic heterocycles. The number of nitrogens with one attached hydrogen (secondary N) is 1. The first kappa shape index (κ1) is 22.2. The maximum Gasteiger partial charge on any atom is 0.413 e. The van der Waals surface area contributed by atoms with Crippen molar-refractivity contribution >= 4 is 12.1 Å². The molecule has 2 atom stereocenters. The van der Waals surface area contributed by atoms with Crippen molar-refractivity contribution in [1.29, 1.82) is 0 Å². The molecule has 2 rings (SSSR count). The van der Waals surface area contributed by atoms with Crippen molar-refractivity contribution in [3.8, 4) is 0 Å². The van der Waals surface area contributed by atoms with Crippen LogP contribution in [0.5, 0.6) is 0 Å². The second-order valence-corrected chi connectivity index (χ2v) is 7.29. The molecule has 28 heavy (non-hydrogen) atoms. The summed E-state index contributed by atoms with van der Waals surface area (Å²) in [6, 6.07) is 8.57. The third-order valence-electron chi connectivity index (χ3n) is 5.02. The number of hydrogen-bond acceptors (Lipinski definition) is 5. The van der Waals surface area contributed by atoms with Crippen LogP contribution in [0.4, 0.5) is 4.79 Å². The standard InChI is InChI=1S/C22H35N3O3/c1-5-7-8-9-15-28-22(26)24-21-23-16-20(25(21)4)19-12-10-18(11-13-19)17(3)27-14-6-2/h10-13,17,20H,5-9,14-16H2,1-4H3,(H,23,24,26). The highest BCUT2D eigenvalue weighted by atomic mass is 16.5. The lowest BCUT2D eigenvalue weighted by molar-refractivity contribution is 0.0662. The average Bonchev–Trinajstić information content (AvgIpc) is 3.06. The number of guanidine groups is 1. The zero-order chi connectivity index (χ0) is 20.4. The van der Waals surface area contributed by atoms with Crippen LogP contribution in [0.25, 0.3) is 0 Å². The van der Waals surface area contributed by atoms with Crippen LogP contribution in [0.15, 0.2) is 29.3 Å². The first-order valence-electron chi connectivity index (χ1n) is 10.5. The Bertz CT molecular complexity index is 630. The fourth-order valence-electron chi connectivity index (χ4n) is 3.21. The number of ether oxygens (including phenoxy) is 2. The molecule has 0 saturated heterocycles. The maximum atomic E-state index is 12.0. The van der Waals surface area contributed by atoms with E-state index < -0.39 is 6.09 Å². The summed E-state index contributed by atoms with van der Waals surface area (Å²) in [5, 5.41) is 2.77. The minimum Gasteiger partial charge on any atom is -0.449 e. The average molecular weight is 390 g/mol. The van der Waals surface area contributed by atoms with Gasteiger partial charge in [-0.05, 0) is 30.9 Å². The van der Waals surface area contributed by atoms with Crippen LogP contribution in [-0.2, 0) is 9.47 Å². The highest BCUT2D eigenvalue weighted by Gasteiger charge is 2.27. The predicted molar refractivity (Wildman–Crippen MR) is 113 cm³/mol. The number of unbranched alkanes of at least 4 members (excludes halogenated alkanes) is 3. The fourth-order valence-corrected chi connectivity index (χ4v) is 3.21. The molecule has 1 amide bonds. The van der Waals surface area contributed by atoms with E-state index in [0.717, 1.165) is 25.9 Å². The molecule has 1 aliphatic rings. The quantitative estimate of drug-likeness (QED) is 0.583. The number of hydrogen-bond donors (Lipinski definition) is 1. The molecule has 0 saturated carbocycles. The zero-order valence-electron chi connectivity index (χ0n) is 17.7. The predicted octanol–water partition coefficient (Wildman–Crippen LogP) is 4.82. The van der Waals surface area contributed by atoms with E-state index in [1.807, 2.05) is 11.9 Å². The van der Waals surface area contributed by atoms with Gasteiger partial charge < -0.3 is 14.4 Å². The van der Waals surface area contributed by atoms with Crippen molar-refractivity contribution in [3.05, 3.63) is 35.4 Å². The Morgan fingerprint density at radius 3 is 2.61 bits per heavy atom. The summed E-state index contributed by atoms with van der Waals surface area (Å²) in [6.45, 7) is 8.18. The van der Waals surface area contributed by atoms with Crippen molar-refractivity contribution in [2.45, 2.75) is 65.0 Å². The van der Waals surface area contributed by atoms with Crippen LogP contribution in [0.1, 0.15) is 76.1 Å². The van der Waals surface area contributed by atoms with Crippen molar-refractivity contribution in [1.82, 2.24) is 10.2 Å². The van der Waals surface area contributed by atoms with Crippen molar-refractivity contribution < 1.29 is 14.3 Å². The van der Waals surface area contributed by atoms with Crippen LogP contribution in [-0.4, -0.2) is 43.8 Å². The molecular formula is C22H35N3O3. The van der Waals surface area contributed by atoms with Gasteiger partial charge in [0, 0.05) is 13.7 Å².